The van der Waals surface area contributed by atoms with Crippen LogP contribution in [-0.4, -0.2) is 46.4 Å². The Bertz CT molecular complexity index is 1270. The fourth-order valence-electron chi connectivity index (χ4n) is 6.61. The summed E-state index contributed by atoms with van der Waals surface area (Å²) in [6.45, 7) is 2.09. The quantitative estimate of drug-likeness (QED) is 0.570. The maximum Gasteiger partial charge on any atom is 0.246 e. The molecule has 3 fully saturated rings. The van der Waals surface area contributed by atoms with Gasteiger partial charge in [0.2, 0.25) is 17.7 Å². The van der Waals surface area contributed by atoms with Gasteiger partial charge in [0.1, 0.15) is 17.5 Å². The smallest absolute Gasteiger partial charge is 0.246 e. The second-order valence-corrected chi connectivity index (χ2v) is 11.0. The summed E-state index contributed by atoms with van der Waals surface area (Å²) in [6.07, 6.45) is 8.11. The molecule has 38 heavy (non-hydrogen) atoms. The number of anilines is 1. The second kappa shape index (κ2) is 9.66. The molecule has 6 rings (SSSR count). The van der Waals surface area contributed by atoms with Gasteiger partial charge in [-0.2, -0.15) is 0 Å². The number of fused-ring (bicyclic) bond motifs is 1. The molecule has 2 aromatic rings. The van der Waals surface area contributed by atoms with Gasteiger partial charge in [-0.1, -0.05) is 61.2 Å². The van der Waals surface area contributed by atoms with E-state index in [4.69, 9.17) is 4.74 Å². The standard InChI is InChI=1S/C30H32FN3O4/c1-18-7-13-22(14-8-18)32-27(35)24-23-15-16-30(38-23)25(24)29(37)34(17-19-9-11-20(31)12-10-19)26(30)28(36)33-21-5-3-2-4-6-21/h7-16,21,23-26H,2-6,17H2,1H3,(H,32,35)(H,33,36)/t23-,24+,25-,26+,30-/m1/s1. The average Bonchev–Trinajstić information content (AvgIpc) is 3.55. The van der Waals surface area contributed by atoms with Crippen molar-refractivity contribution < 1.29 is 23.5 Å². The first-order valence-electron chi connectivity index (χ1n) is 13.5. The van der Waals surface area contributed by atoms with Crippen molar-refractivity contribution in [3.8, 4) is 0 Å². The maximum absolute atomic E-state index is 14.0. The third kappa shape index (κ3) is 4.21. The number of benzene rings is 2. The number of aryl methyl sites for hydroxylation is 1. The van der Waals surface area contributed by atoms with E-state index >= 15 is 0 Å². The molecule has 2 saturated heterocycles. The zero-order chi connectivity index (χ0) is 26.4. The molecular weight excluding hydrogens is 485 g/mol. The highest BCUT2D eigenvalue weighted by Gasteiger charge is 2.72. The van der Waals surface area contributed by atoms with Crippen LogP contribution in [0, 0.1) is 24.6 Å². The number of amides is 3. The van der Waals surface area contributed by atoms with E-state index in [-0.39, 0.29) is 36.1 Å². The van der Waals surface area contributed by atoms with Crippen LogP contribution in [0.15, 0.2) is 60.7 Å². The molecule has 4 aliphatic rings. The molecule has 1 aliphatic carbocycles. The number of nitrogens with zero attached hydrogens (tertiary/aromatic N) is 1. The van der Waals surface area contributed by atoms with Crippen molar-refractivity contribution in [3.05, 3.63) is 77.6 Å². The van der Waals surface area contributed by atoms with Gasteiger partial charge < -0.3 is 20.3 Å². The fourth-order valence-corrected chi connectivity index (χ4v) is 6.61. The van der Waals surface area contributed by atoms with Crippen molar-refractivity contribution in [2.24, 2.45) is 11.8 Å². The Morgan fingerprint density at radius 2 is 1.74 bits per heavy atom. The molecule has 3 heterocycles. The molecule has 3 amide bonds. The highest BCUT2D eigenvalue weighted by molar-refractivity contribution is 6.02. The van der Waals surface area contributed by atoms with E-state index in [1.54, 1.807) is 12.1 Å². The van der Waals surface area contributed by atoms with Gasteiger partial charge >= 0.3 is 0 Å². The summed E-state index contributed by atoms with van der Waals surface area (Å²) in [6, 6.07) is 12.5. The van der Waals surface area contributed by atoms with Gasteiger partial charge in [0.05, 0.1) is 17.9 Å². The lowest BCUT2D eigenvalue weighted by Gasteiger charge is -2.34. The Balaban J connectivity index is 1.32. The Hall–Kier alpha value is -3.52. The molecule has 2 aromatic carbocycles. The lowest BCUT2D eigenvalue weighted by atomic mass is 9.74. The number of nitrogens with one attached hydrogen (secondary N) is 2. The van der Waals surface area contributed by atoms with E-state index in [1.807, 2.05) is 43.3 Å². The number of halogens is 1. The fraction of sp³-hybridized carbons (Fsp3) is 0.433. The Morgan fingerprint density at radius 3 is 2.45 bits per heavy atom. The number of rotatable bonds is 6. The molecule has 8 heteroatoms. The van der Waals surface area contributed by atoms with Crippen LogP contribution in [0.5, 0.6) is 0 Å². The number of ether oxygens (including phenoxy) is 1. The van der Waals surface area contributed by atoms with Crippen molar-refractivity contribution in [1.82, 2.24) is 10.2 Å². The predicted octanol–water partition coefficient (Wildman–Crippen LogP) is 3.87. The molecule has 3 aliphatic heterocycles. The molecule has 0 radical (unpaired) electrons. The maximum atomic E-state index is 14.0. The summed E-state index contributed by atoms with van der Waals surface area (Å²) in [4.78, 5) is 43.0. The summed E-state index contributed by atoms with van der Waals surface area (Å²) in [5.74, 6) is -2.84. The van der Waals surface area contributed by atoms with Crippen molar-refractivity contribution in [1.29, 1.82) is 0 Å². The number of carbonyl (C=O) groups is 3. The largest absolute Gasteiger partial charge is 0.359 e. The third-order valence-corrected chi connectivity index (χ3v) is 8.46. The molecule has 2 bridgehead atoms. The van der Waals surface area contributed by atoms with E-state index in [9.17, 15) is 18.8 Å². The molecular formula is C30H32FN3O4. The summed E-state index contributed by atoms with van der Waals surface area (Å²) in [5.41, 5.74) is 1.19. The van der Waals surface area contributed by atoms with Crippen molar-refractivity contribution in [2.45, 2.75) is 69.4 Å². The van der Waals surface area contributed by atoms with Crippen LogP contribution in [-0.2, 0) is 25.7 Å². The van der Waals surface area contributed by atoms with Gasteiger partial charge in [0, 0.05) is 18.3 Å². The molecule has 198 valence electrons. The van der Waals surface area contributed by atoms with Crippen molar-refractivity contribution >= 4 is 23.4 Å². The van der Waals surface area contributed by atoms with Crippen LogP contribution in [0.25, 0.3) is 0 Å². The zero-order valence-corrected chi connectivity index (χ0v) is 21.4. The molecule has 1 saturated carbocycles. The lowest BCUT2D eigenvalue weighted by Crippen LogP contribution is -2.56. The summed E-state index contributed by atoms with van der Waals surface area (Å²) >= 11 is 0. The number of hydrogen-bond acceptors (Lipinski definition) is 4. The first-order chi connectivity index (χ1) is 18.4. The monoisotopic (exact) mass is 517 g/mol. The van der Waals surface area contributed by atoms with E-state index in [2.05, 4.69) is 10.6 Å². The van der Waals surface area contributed by atoms with Crippen molar-refractivity contribution in [3.63, 3.8) is 0 Å². The van der Waals surface area contributed by atoms with Gasteiger partial charge in [0.25, 0.3) is 0 Å². The van der Waals surface area contributed by atoms with Crippen LogP contribution in [0.2, 0.25) is 0 Å². The average molecular weight is 518 g/mol. The van der Waals surface area contributed by atoms with Gasteiger partial charge in [-0.25, -0.2) is 4.39 Å². The van der Waals surface area contributed by atoms with E-state index in [1.165, 1.54) is 17.0 Å². The molecule has 1 spiro atoms. The highest BCUT2D eigenvalue weighted by Crippen LogP contribution is 2.55. The number of carbonyl (C=O) groups excluding carboxylic acids is 3. The summed E-state index contributed by atoms with van der Waals surface area (Å²) in [7, 11) is 0. The summed E-state index contributed by atoms with van der Waals surface area (Å²) in [5, 5.41) is 6.12. The first-order valence-corrected chi connectivity index (χ1v) is 13.5. The van der Waals surface area contributed by atoms with Gasteiger partial charge in [0.15, 0.2) is 0 Å². The Kier molecular flexibility index (Phi) is 6.30. The van der Waals surface area contributed by atoms with E-state index in [0.717, 1.165) is 37.7 Å². The normalized spacial score (nSPS) is 29.9. The molecule has 7 nitrogen and oxygen atoms in total. The second-order valence-electron chi connectivity index (χ2n) is 11.0. The minimum absolute atomic E-state index is 0.0534. The van der Waals surface area contributed by atoms with E-state index in [0.29, 0.717) is 11.3 Å². The molecule has 2 N–H and O–H groups in total. The number of likely N-dealkylation sites (tertiary alicyclic amines) is 1. The zero-order valence-electron chi connectivity index (χ0n) is 21.4. The van der Waals surface area contributed by atoms with Gasteiger partial charge in [-0.3, -0.25) is 14.4 Å². The van der Waals surface area contributed by atoms with Crippen LogP contribution >= 0.6 is 0 Å². The van der Waals surface area contributed by atoms with Crippen LogP contribution < -0.4 is 10.6 Å². The summed E-state index contributed by atoms with van der Waals surface area (Å²) < 4.78 is 20.0. The van der Waals surface area contributed by atoms with Crippen LogP contribution in [0.3, 0.4) is 0 Å². The minimum Gasteiger partial charge on any atom is -0.359 e. The molecule has 5 atom stereocenters. The molecule has 0 unspecified atom stereocenters. The Labute approximate surface area is 221 Å². The highest BCUT2D eigenvalue weighted by atomic mass is 19.1. The van der Waals surface area contributed by atoms with Crippen molar-refractivity contribution in [2.75, 3.05) is 5.32 Å². The first kappa shape index (κ1) is 24.8. The number of hydrogen-bond donors (Lipinski definition) is 2. The predicted molar refractivity (Wildman–Crippen MR) is 139 cm³/mol. The Morgan fingerprint density at radius 1 is 1.03 bits per heavy atom. The van der Waals surface area contributed by atoms with Gasteiger partial charge in [-0.15, -0.1) is 0 Å². The van der Waals surface area contributed by atoms with E-state index < -0.39 is 29.6 Å². The SMILES string of the molecule is Cc1ccc(NC(=O)[C@H]2[C@H]3C=C[C@]4(O3)[C@H](C(=O)NC3CCCCC3)N(Cc3ccc(F)cc3)C(=O)[C@@H]24)cc1. The lowest BCUT2D eigenvalue weighted by molar-refractivity contribution is -0.142. The minimum atomic E-state index is -1.23. The topological polar surface area (TPSA) is 87.7 Å². The third-order valence-electron chi connectivity index (χ3n) is 8.46. The van der Waals surface area contributed by atoms with Crippen LogP contribution in [0.4, 0.5) is 10.1 Å². The van der Waals surface area contributed by atoms with Gasteiger partial charge in [-0.05, 0) is 49.6 Å². The molecule has 0 aromatic heterocycles. The van der Waals surface area contributed by atoms with Crippen LogP contribution in [0.1, 0.15) is 43.2 Å².